The smallest absolute Gasteiger partial charge is 0.399 e. The van der Waals surface area contributed by atoms with E-state index in [2.05, 4.69) is 11.0 Å². The van der Waals surface area contributed by atoms with Crippen LogP contribution in [-0.4, -0.2) is 24.0 Å². The molecule has 152 valence electrons. The minimum absolute atomic E-state index is 0.0937. The number of nitrogens with two attached hydrogens (primary N) is 1. The highest BCUT2D eigenvalue weighted by atomic mass is 19.4. The fraction of sp³-hybridized carbons (Fsp3) is 0.409. The van der Waals surface area contributed by atoms with E-state index in [1.165, 1.54) is 12.1 Å². The minimum Gasteiger partial charge on any atom is -0.399 e. The average molecular weight is 409 g/mol. The summed E-state index contributed by atoms with van der Waals surface area (Å²) in [7, 11) is 1.92. The van der Waals surface area contributed by atoms with Gasteiger partial charge in [-0.2, -0.15) is 29.0 Å². The molecule has 1 aliphatic carbocycles. The van der Waals surface area contributed by atoms with Crippen molar-refractivity contribution in [3.8, 4) is 18.2 Å². The summed E-state index contributed by atoms with van der Waals surface area (Å²) < 4.78 is 40.2. The molecule has 30 heavy (non-hydrogen) atoms. The number of likely N-dealkylation sites (N-methyl/N-ethyl adjacent to an activating group) is 1. The Kier molecular flexibility index (Phi) is 4.42. The van der Waals surface area contributed by atoms with Gasteiger partial charge in [0.15, 0.2) is 5.41 Å². The van der Waals surface area contributed by atoms with Gasteiger partial charge in [0.1, 0.15) is 6.07 Å². The molecule has 5 nitrogen and oxygen atoms in total. The maximum absolute atomic E-state index is 13.4. The largest absolute Gasteiger partial charge is 0.416 e. The van der Waals surface area contributed by atoms with E-state index in [0.29, 0.717) is 5.57 Å². The Labute approximate surface area is 172 Å². The predicted octanol–water partition coefficient (Wildman–Crippen LogP) is 3.59. The topological polar surface area (TPSA) is 101 Å². The number of rotatable bonds is 1. The minimum atomic E-state index is -4.56. The van der Waals surface area contributed by atoms with Crippen LogP contribution in [0.3, 0.4) is 0 Å². The highest BCUT2D eigenvalue weighted by Crippen LogP contribution is 2.58. The highest BCUT2D eigenvalue weighted by Gasteiger charge is 2.58. The molecule has 0 saturated carbocycles. The van der Waals surface area contributed by atoms with Crippen LogP contribution in [0, 0.1) is 45.3 Å². The summed E-state index contributed by atoms with van der Waals surface area (Å²) in [5, 5.41) is 29.9. The summed E-state index contributed by atoms with van der Waals surface area (Å²) in [6, 6.07) is 10.7. The third-order valence-electron chi connectivity index (χ3n) is 6.80. The van der Waals surface area contributed by atoms with Crippen molar-refractivity contribution in [3.63, 3.8) is 0 Å². The first-order valence-electron chi connectivity index (χ1n) is 9.53. The molecule has 2 bridgehead atoms. The molecule has 4 rings (SSSR count). The summed E-state index contributed by atoms with van der Waals surface area (Å²) in [5.41, 5.74) is 4.24. The summed E-state index contributed by atoms with van der Waals surface area (Å²) >= 11 is 0. The third kappa shape index (κ3) is 2.56. The quantitative estimate of drug-likeness (QED) is 0.764. The molecular weight excluding hydrogens is 391 g/mol. The van der Waals surface area contributed by atoms with E-state index >= 15 is 0 Å². The fourth-order valence-electron chi connectivity index (χ4n) is 5.37. The molecule has 1 aromatic rings. The molecule has 0 unspecified atom stereocenters. The maximum atomic E-state index is 13.4. The molecule has 8 heteroatoms. The number of halogens is 3. The van der Waals surface area contributed by atoms with Gasteiger partial charge in [-0.25, -0.2) is 0 Å². The average Bonchev–Trinajstić information content (AvgIpc) is 2.95. The number of alkyl halides is 3. The van der Waals surface area contributed by atoms with Crippen LogP contribution in [0.1, 0.15) is 29.9 Å². The van der Waals surface area contributed by atoms with Crippen molar-refractivity contribution in [1.82, 2.24) is 4.90 Å². The number of fused-ring (bicyclic) bond motifs is 4. The molecule has 0 spiro atoms. The normalized spacial score (nSPS) is 30.0. The van der Waals surface area contributed by atoms with E-state index in [4.69, 9.17) is 5.73 Å². The van der Waals surface area contributed by atoms with Gasteiger partial charge in [-0.15, -0.1) is 0 Å². The number of allylic oxidation sites excluding steroid dienone is 2. The molecule has 4 atom stereocenters. The first-order chi connectivity index (χ1) is 14.2. The van der Waals surface area contributed by atoms with Crippen LogP contribution < -0.4 is 5.73 Å². The predicted molar refractivity (Wildman–Crippen MR) is 101 cm³/mol. The summed E-state index contributed by atoms with van der Waals surface area (Å²) in [6.45, 7) is 0. The zero-order valence-electron chi connectivity index (χ0n) is 16.1. The van der Waals surface area contributed by atoms with Gasteiger partial charge in [0.05, 0.1) is 29.0 Å². The standard InChI is InChI=1S/C22H18F3N5/c1-30-14-5-6-17(30)18-15(8-14)16(9-26)20(29)21(10-27,11-28)19(18)12-3-2-4-13(7-12)22(23,24)25/h2-4,7-8,14,17-19H,5-6,29H2,1H3/t14-,17-,18-,19-/m1/s1. The van der Waals surface area contributed by atoms with Gasteiger partial charge in [-0.05, 0) is 37.1 Å². The van der Waals surface area contributed by atoms with Crippen molar-refractivity contribution in [2.75, 3.05) is 7.05 Å². The first-order valence-corrected chi connectivity index (χ1v) is 9.53. The molecule has 2 N–H and O–H groups in total. The lowest BCUT2D eigenvalue weighted by atomic mass is 9.56. The zero-order valence-corrected chi connectivity index (χ0v) is 16.1. The van der Waals surface area contributed by atoms with Crippen molar-refractivity contribution >= 4 is 0 Å². The fourth-order valence-corrected chi connectivity index (χ4v) is 5.37. The number of nitrogens with zero attached hydrogens (tertiary/aromatic N) is 4. The Hall–Kier alpha value is -3.28. The third-order valence-corrected chi connectivity index (χ3v) is 6.80. The molecule has 0 amide bonds. The van der Waals surface area contributed by atoms with E-state index in [1.807, 2.05) is 25.3 Å². The Morgan fingerprint density at radius 1 is 1.17 bits per heavy atom. The first kappa shape index (κ1) is 20.0. The zero-order chi connectivity index (χ0) is 21.8. The van der Waals surface area contributed by atoms with Crippen molar-refractivity contribution < 1.29 is 13.2 Å². The van der Waals surface area contributed by atoms with Gasteiger partial charge in [-0.1, -0.05) is 24.3 Å². The molecule has 1 fully saturated rings. The van der Waals surface area contributed by atoms with E-state index in [0.717, 1.165) is 25.0 Å². The van der Waals surface area contributed by atoms with Crippen molar-refractivity contribution in [1.29, 1.82) is 15.8 Å². The molecule has 3 aliphatic rings. The molecule has 1 aromatic carbocycles. The van der Waals surface area contributed by atoms with Crippen molar-refractivity contribution in [3.05, 3.63) is 58.3 Å². The lowest BCUT2D eigenvalue weighted by Crippen LogP contribution is -2.51. The summed E-state index contributed by atoms with van der Waals surface area (Å²) in [6.07, 6.45) is -1.04. The summed E-state index contributed by atoms with van der Waals surface area (Å²) in [5.74, 6) is -1.41. The van der Waals surface area contributed by atoms with Crippen molar-refractivity contribution in [2.24, 2.45) is 17.1 Å². The highest BCUT2D eigenvalue weighted by molar-refractivity contribution is 5.60. The molecule has 0 radical (unpaired) electrons. The second kappa shape index (κ2) is 6.62. The van der Waals surface area contributed by atoms with E-state index in [-0.39, 0.29) is 28.9 Å². The molecular formula is C22H18F3N5. The van der Waals surface area contributed by atoms with Crippen LogP contribution in [0.5, 0.6) is 0 Å². The molecule has 1 saturated heterocycles. The van der Waals surface area contributed by atoms with Crippen LogP contribution in [0.15, 0.2) is 47.2 Å². The van der Waals surface area contributed by atoms with Crippen molar-refractivity contribution in [2.45, 2.75) is 37.0 Å². The lowest BCUT2D eigenvalue weighted by molar-refractivity contribution is -0.137. The molecule has 2 aliphatic heterocycles. The van der Waals surface area contributed by atoms with Crippen LogP contribution in [-0.2, 0) is 6.18 Å². The van der Waals surface area contributed by atoms with Crippen LogP contribution in [0.25, 0.3) is 0 Å². The Bertz CT molecular complexity index is 1080. The van der Waals surface area contributed by atoms with Crippen LogP contribution >= 0.6 is 0 Å². The van der Waals surface area contributed by atoms with Crippen LogP contribution in [0.4, 0.5) is 13.2 Å². The number of hydrogen-bond donors (Lipinski definition) is 1. The monoisotopic (exact) mass is 409 g/mol. The maximum Gasteiger partial charge on any atom is 0.416 e. The van der Waals surface area contributed by atoms with Gasteiger partial charge >= 0.3 is 6.18 Å². The number of nitriles is 3. The SMILES string of the molecule is CN1[C@@H]2CC[C@@H]1C=C1C(C#N)=C(N)C(C#N)(C#N)[C@H](c3cccc(C(F)(F)F)c3)[C@H]12. The van der Waals surface area contributed by atoms with Gasteiger partial charge in [0.25, 0.3) is 0 Å². The lowest BCUT2D eigenvalue weighted by Gasteiger charge is -2.48. The molecule has 0 aromatic heterocycles. The van der Waals surface area contributed by atoms with Gasteiger partial charge in [-0.3, -0.25) is 4.90 Å². The Morgan fingerprint density at radius 2 is 1.87 bits per heavy atom. The number of hydrogen-bond acceptors (Lipinski definition) is 5. The van der Waals surface area contributed by atoms with Gasteiger partial charge in [0.2, 0.25) is 0 Å². The Morgan fingerprint density at radius 3 is 2.47 bits per heavy atom. The second-order valence-corrected chi connectivity index (χ2v) is 8.06. The molecule has 2 heterocycles. The van der Waals surface area contributed by atoms with E-state index in [9.17, 15) is 29.0 Å². The van der Waals surface area contributed by atoms with Gasteiger partial charge in [0, 0.05) is 23.9 Å². The number of benzene rings is 1. The Balaban J connectivity index is 2.03. The second-order valence-electron chi connectivity index (χ2n) is 8.06. The van der Waals surface area contributed by atoms with E-state index < -0.39 is 29.0 Å². The van der Waals surface area contributed by atoms with Crippen LogP contribution in [0.2, 0.25) is 0 Å². The summed E-state index contributed by atoms with van der Waals surface area (Å²) in [4.78, 5) is 2.12. The van der Waals surface area contributed by atoms with Gasteiger partial charge < -0.3 is 5.73 Å². The van der Waals surface area contributed by atoms with E-state index in [1.54, 1.807) is 0 Å².